The van der Waals surface area contributed by atoms with Crippen molar-refractivity contribution in [3.05, 3.63) is 29.6 Å². The fraction of sp³-hybridized carbons (Fsp3) is 0.500. The molecule has 3 rings (SSSR count). The number of hydrogen-bond acceptors (Lipinski definition) is 4. The maximum absolute atomic E-state index is 12.4. The Morgan fingerprint density at radius 3 is 2.57 bits per heavy atom. The van der Waals surface area contributed by atoms with Gasteiger partial charge in [0.25, 0.3) is 0 Å². The number of carbonyl (C=O) groups is 2. The molecule has 0 bridgehead atoms. The Morgan fingerprint density at radius 1 is 1.33 bits per heavy atom. The summed E-state index contributed by atoms with van der Waals surface area (Å²) in [5.74, 6) is 0.160. The Kier molecular flexibility index (Phi) is 3.46. The molecule has 21 heavy (non-hydrogen) atoms. The van der Waals surface area contributed by atoms with Gasteiger partial charge in [0.2, 0.25) is 11.8 Å². The molecule has 1 saturated heterocycles. The highest BCUT2D eigenvalue weighted by molar-refractivity contribution is 6.05. The van der Waals surface area contributed by atoms with Crippen molar-refractivity contribution in [2.45, 2.75) is 32.7 Å². The number of amides is 2. The summed E-state index contributed by atoms with van der Waals surface area (Å²) >= 11 is 0. The molecule has 2 unspecified atom stereocenters. The molecule has 1 aromatic heterocycles. The van der Waals surface area contributed by atoms with Crippen LogP contribution >= 0.6 is 0 Å². The topological polar surface area (TPSA) is 74.1 Å². The van der Waals surface area contributed by atoms with Crippen LogP contribution in [-0.4, -0.2) is 21.7 Å². The maximum Gasteiger partial charge on any atom is 0.233 e. The molecule has 2 fully saturated rings. The fourth-order valence-electron chi connectivity index (χ4n) is 3.50. The highest BCUT2D eigenvalue weighted by Crippen LogP contribution is 2.44. The first-order valence-corrected chi connectivity index (χ1v) is 7.34. The van der Waals surface area contributed by atoms with Crippen LogP contribution in [0, 0.1) is 29.1 Å². The van der Waals surface area contributed by atoms with Crippen molar-refractivity contribution in [2.75, 3.05) is 0 Å². The van der Waals surface area contributed by atoms with Gasteiger partial charge in [0.05, 0.1) is 18.4 Å². The smallest absolute Gasteiger partial charge is 0.233 e. The number of carbonyl (C=O) groups excluding carboxylic acids is 2. The van der Waals surface area contributed by atoms with Crippen LogP contribution in [0.1, 0.15) is 37.4 Å². The third-order valence-electron chi connectivity index (χ3n) is 4.68. The largest absolute Gasteiger partial charge is 0.278 e. The van der Waals surface area contributed by atoms with E-state index in [1.165, 1.54) is 11.1 Å². The predicted molar refractivity (Wildman–Crippen MR) is 74.5 cm³/mol. The van der Waals surface area contributed by atoms with Gasteiger partial charge in [-0.1, -0.05) is 13.3 Å². The zero-order valence-electron chi connectivity index (χ0n) is 12.0. The Bertz CT molecular complexity index is 611. The maximum atomic E-state index is 12.4. The molecule has 1 aliphatic carbocycles. The van der Waals surface area contributed by atoms with E-state index < -0.39 is 0 Å². The summed E-state index contributed by atoms with van der Waals surface area (Å²) in [5, 5.41) is 8.85. The van der Waals surface area contributed by atoms with Crippen LogP contribution in [-0.2, 0) is 16.1 Å². The quantitative estimate of drug-likeness (QED) is 0.794. The van der Waals surface area contributed by atoms with Crippen LogP contribution in [0.2, 0.25) is 0 Å². The van der Waals surface area contributed by atoms with Gasteiger partial charge < -0.3 is 0 Å². The number of likely N-dealkylation sites (tertiary alicyclic amines) is 1. The second kappa shape index (κ2) is 5.28. The van der Waals surface area contributed by atoms with Gasteiger partial charge in [-0.15, -0.1) is 0 Å². The van der Waals surface area contributed by atoms with Crippen LogP contribution in [0.25, 0.3) is 0 Å². The minimum atomic E-state index is -0.125. The van der Waals surface area contributed by atoms with E-state index in [2.05, 4.69) is 11.9 Å². The lowest BCUT2D eigenvalue weighted by Crippen LogP contribution is -2.31. The summed E-state index contributed by atoms with van der Waals surface area (Å²) < 4.78 is 0. The summed E-state index contributed by atoms with van der Waals surface area (Å²) in [4.78, 5) is 30.1. The number of fused-ring (bicyclic) bond motifs is 1. The highest BCUT2D eigenvalue weighted by atomic mass is 16.2. The summed E-state index contributed by atoms with van der Waals surface area (Å²) in [7, 11) is 0. The molecule has 2 atom stereocenters. The number of pyridine rings is 1. The normalized spacial score (nSPS) is 27.8. The van der Waals surface area contributed by atoms with Crippen molar-refractivity contribution < 1.29 is 9.59 Å². The van der Waals surface area contributed by atoms with E-state index in [1.807, 2.05) is 6.07 Å². The van der Waals surface area contributed by atoms with Crippen molar-refractivity contribution in [3.8, 4) is 6.07 Å². The first-order valence-electron chi connectivity index (χ1n) is 7.34. The van der Waals surface area contributed by atoms with E-state index in [1.54, 1.807) is 12.1 Å². The van der Waals surface area contributed by atoms with Crippen LogP contribution in [0.5, 0.6) is 0 Å². The first kappa shape index (κ1) is 13.7. The molecule has 1 aliphatic heterocycles. The highest BCUT2D eigenvalue weighted by Gasteiger charge is 2.51. The minimum Gasteiger partial charge on any atom is -0.278 e. The molecule has 5 nitrogen and oxygen atoms in total. The van der Waals surface area contributed by atoms with Crippen molar-refractivity contribution in [2.24, 2.45) is 17.8 Å². The monoisotopic (exact) mass is 283 g/mol. The molecule has 0 N–H and O–H groups in total. The number of nitriles is 1. The van der Waals surface area contributed by atoms with Gasteiger partial charge in [0, 0.05) is 6.20 Å². The lowest BCUT2D eigenvalue weighted by molar-refractivity contribution is -0.141. The van der Waals surface area contributed by atoms with Crippen LogP contribution in [0.3, 0.4) is 0 Å². The summed E-state index contributed by atoms with van der Waals surface area (Å²) in [6.45, 7) is 2.36. The number of imide groups is 1. The molecular weight excluding hydrogens is 266 g/mol. The van der Waals surface area contributed by atoms with Crippen molar-refractivity contribution in [1.82, 2.24) is 9.88 Å². The molecule has 2 aliphatic rings. The third-order valence-corrected chi connectivity index (χ3v) is 4.68. The van der Waals surface area contributed by atoms with Crippen molar-refractivity contribution >= 4 is 11.8 Å². The van der Waals surface area contributed by atoms with Crippen molar-refractivity contribution in [1.29, 1.82) is 5.26 Å². The molecule has 1 saturated carbocycles. The second-order valence-corrected chi connectivity index (χ2v) is 5.88. The second-order valence-electron chi connectivity index (χ2n) is 5.88. The third kappa shape index (κ3) is 2.31. The van der Waals surface area contributed by atoms with Gasteiger partial charge >= 0.3 is 0 Å². The van der Waals surface area contributed by atoms with Gasteiger partial charge in [-0.2, -0.15) is 5.26 Å². The average Bonchev–Trinajstić information content (AvgIpc) is 3.03. The number of rotatable bonds is 3. The van der Waals surface area contributed by atoms with Gasteiger partial charge in [0.15, 0.2) is 0 Å². The molecule has 2 heterocycles. The first-order chi connectivity index (χ1) is 10.1. The predicted octanol–water partition coefficient (Wildman–Crippen LogP) is 1.87. The van der Waals surface area contributed by atoms with E-state index in [4.69, 9.17) is 5.26 Å². The molecular formula is C16H17N3O2. The molecule has 0 spiro atoms. The van der Waals surface area contributed by atoms with Crippen LogP contribution < -0.4 is 0 Å². The fourth-order valence-corrected chi connectivity index (χ4v) is 3.50. The molecule has 5 heteroatoms. The lowest BCUT2D eigenvalue weighted by atomic mass is 10.00. The van der Waals surface area contributed by atoms with E-state index in [0.717, 1.165) is 24.8 Å². The SMILES string of the molecule is CCC1CC2C(=O)N(Cc3ccnc(C#N)c3)C(=O)C2C1. The van der Waals surface area contributed by atoms with E-state index in [0.29, 0.717) is 11.6 Å². The zero-order valence-corrected chi connectivity index (χ0v) is 12.0. The van der Waals surface area contributed by atoms with E-state index in [9.17, 15) is 9.59 Å². The van der Waals surface area contributed by atoms with E-state index >= 15 is 0 Å². The van der Waals surface area contributed by atoms with Crippen molar-refractivity contribution in [3.63, 3.8) is 0 Å². The summed E-state index contributed by atoms with van der Waals surface area (Å²) in [6.07, 6.45) is 4.24. The molecule has 108 valence electrons. The lowest BCUT2D eigenvalue weighted by Gasteiger charge is -2.17. The Labute approximate surface area is 123 Å². The summed E-state index contributed by atoms with van der Waals surface area (Å²) in [6, 6.07) is 5.34. The summed E-state index contributed by atoms with van der Waals surface area (Å²) in [5.41, 5.74) is 1.08. The van der Waals surface area contributed by atoms with Crippen LogP contribution in [0.4, 0.5) is 0 Å². The number of aromatic nitrogens is 1. The average molecular weight is 283 g/mol. The minimum absolute atomic E-state index is 0.0451. The Hall–Kier alpha value is -2.22. The van der Waals surface area contributed by atoms with Gasteiger partial charge in [-0.05, 0) is 36.5 Å². The molecule has 0 aromatic carbocycles. The van der Waals surface area contributed by atoms with Crippen LogP contribution in [0.15, 0.2) is 18.3 Å². The molecule has 1 aromatic rings. The van der Waals surface area contributed by atoms with Gasteiger partial charge in [-0.3, -0.25) is 14.5 Å². The van der Waals surface area contributed by atoms with Gasteiger partial charge in [-0.25, -0.2) is 4.98 Å². The zero-order chi connectivity index (χ0) is 15.0. The Balaban J connectivity index is 1.77. The standard InChI is InChI=1S/C16H17N3O2/c1-2-10-6-13-14(7-10)16(21)19(15(13)20)9-11-3-4-18-12(5-11)8-17/h3-5,10,13-14H,2,6-7,9H2,1H3. The van der Waals surface area contributed by atoms with E-state index in [-0.39, 0.29) is 30.2 Å². The molecule has 0 radical (unpaired) electrons. The number of hydrogen-bond donors (Lipinski definition) is 0. The molecule has 2 amide bonds. The van der Waals surface area contributed by atoms with Gasteiger partial charge in [0.1, 0.15) is 11.8 Å². The Morgan fingerprint density at radius 2 is 2.00 bits per heavy atom. The number of nitrogens with zero attached hydrogens (tertiary/aromatic N) is 3.